The van der Waals surface area contributed by atoms with E-state index in [2.05, 4.69) is 9.97 Å². The molecular formula is C25H27FN4O5S. The standard InChI is InChI=1S/C25H27FN4O5S/c1-6-35-24-22(34-4)11-10-19(28-24)21(14-36(5,32)33)30-23-20(29(3)25(30)31)12-16(13-27-23)17-8-7-9-18(26)15(17)2/h7-13,21H,6,14H2,1-5H3/t21-/m1/s1. The van der Waals surface area contributed by atoms with Crippen molar-refractivity contribution < 1.29 is 22.3 Å². The molecule has 0 spiro atoms. The van der Waals surface area contributed by atoms with E-state index in [4.69, 9.17) is 9.47 Å². The number of aromatic nitrogens is 4. The second-order valence-corrected chi connectivity index (χ2v) is 10.7. The number of hydrogen-bond acceptors (Lipinski definition) is 7. The maximum absolute atomic E-state index is 14.2. The molecule has 0 aliphatic heterocycles. The summed E-state index contributed by atoms with van der Waals surface area (Å²) in [4.78, 5) is 22.4. The van der Waals surface area contributed by atoms with E-state index in [9.17, 15) is 17.6 Å². The predicted octanol–water partition coefficient (Wildman–Crippen LogP) is 3.29. The monoisotopic (exact) mass is 514 g/mol. The van der Waals surface area contributed by atoms with Crippen LogP contribution < -0.4 is 15.2 Å². The van der Waals surface area contributed by atoms with Gasteiger partial charge in [-0.05, 0) is 49.2 Å². The van der Waals surface area contributed by atoms with E-state index in [0.717, 1.165) is 6.26 Å². The topological polar surface area (TPSA) is 105 Å². The average molecular weight is 515 g/mol. The number of nitrogens with zero attached hydrogens (tertiary/aromatic N) is 4. The van der Waals surface area contributed by atoms with Crippen molar-refractivity contribution in [1.82, 2.24) is 19.1 Å². The summed E-state index contributed by atoms with van der Waals surface area (Å²) in [5, 5.41) is 0. The quantitative estimate of drug-likeness (QED) is 0.355. The molecule has 0 unspecified atom stereocenters. The molecule has 3 aromatic heterocycles. The SMILES string of the molecule is CCOc1nc([C@@H](CS(C)(=O)=O)n2c(=O)n(C)c3cc(-c4cccc(F)c4C)cnc32)ccc1OC. The molecule has 0 aliphatic carbocycles. The van der Waals surface area contributed by atoms with Gasteiger partial charge in [-0.15, -0.1) is 0 Å². The van der Waals surface area contributed by atoms with Crippen LogP contribution >= 0.6 is 0 Å². The molecule has 0 aliphatic rings. The van der Waals surface area contributed by atoms with Gasteiger partial charge in [0.25, 0.3) is 5.88 Å². The van der Waals surface area contributed by atoms with Crippen LogP contribution in [-0.4, -0.2) is 53.2 Å². The Morgan fingerprint density at radius 3 is 2.61 bits per heavy atom. The van der Waals surface area contributed by atoms with E-state index >= 15 is 0 Å². The van der Waals surface area contributed by atoms with E-state index in [1.807, 2.05) is 0 Å². The predicted molar refractivity (Wildman–Crippen MR) is 135 cm³/mol. The fraction of sp³-hybridized carbons (Fsp3) is 0.320. The Morgan fingerprint density at radius 2 is 1.94 bits per heavy atom. The number of rotatable bonds is 8. The largest absolute Gasteiger partial charge is 0.491 e. The van der Waals surface area contributed by atoms with Gasteiger partial charge in [0.15, 0.2) is 11.4 Å². The van der Waals surface area contributed by atoms with Gasteiger partial charge in [0.2, 0.25) is 0 Å². The number of fused-ring (bicyclic) bond motifs is 1. The first kappa shape index (κ1) is 25.4. The number of imidazole rings is 1. The van der Waals surface area contributed by atoms with E-state index in [-0.39, 0.29) is 23.1 Å². The highest BCUT2D eigenvalue weighted by atomic mass is 32.2. The van der Waals surface area contributed by atoms with Crippen LogP contribution in [0.25, 0.3) is 22.3 Å². The van der Waals surface area contributed by atoms with Gasteiger partial charge in [-0.1, -0.05) is 12.1 Å². The van der Waals surface area contributed by atoms with Crippen LogP contribution in [0.4, 0.5) is 4.39 Å². The Morgan fingerprint density at radius 1 is 1.19 bits per heavy atom. The minimum absolute atomic E-state index is 0.195. The zero-order chi connectivity index (χ0) is 26.2. The lowest BCUT2D eigenvalue weighted by Crippen LogP contribution is -2.31. The van der Waals surface area contributed by atoms with Gasteiger partial charge < -0.3 is 9.47 Å². The van der Waals surface area contributed by atoms with Gasteiger partial charge in [-0.3, -0.25) is 9.13 Å². The third kappa shape index (κ3) is 4.70. The number of aryl methyl sites for hydroxylation is 1. The highest BCUT2D eigenvalue weighted by Gasteiger charge is 2.28. The summed E-state index contributed by atoms with van der Waals surface area (Å²) in [6.45, 7) is 3.78. The van der Waals surface area contributed by atoms with Crippen LogP contribution in [0, 0.1) is 12.7 Å². The first-order chi connectivity index (χ1) is 17.1. The summed E-state index contributed by atoms with van der Waals surface area (Å²) in [6, 6.07) is 8.76. The van der Waals surface area contributed by atoms with Crippen molar-refractivity contribution in [2.24, 2.45) is 7.05 Å². The van der Waals surface area contributed by atoms with Gasteiger partial charge >= 0.3 is 5.69 Å². The molecule has 36 heavy (non-hydrogen) atoms. The minimum Gasteiger partial charge on any atom is -0.491 e. The number of pyridine rings is 2. The van der Waals surface area contributed by atoms with Crippen molar-refractivity contribution in [3.05, 3.63) is 70.2 Å². The first-order valence-electron chi connectivity index (χ1n) is 11.2. The normalized spacial score (nSPS) is 12.6. The van der Waals surface area contributed by atoms with E-state index in [1.165, 1.54) is 22.3 Å². The molecule has 0 saturated carbocycles. The molecule has 3 heterocycles. The molecule has 0 amide bonds. The number of hydrogen-bond donors (Lipinski definition) is 0. The van der Waals surface area contributed by atoms with E-state index in [1.54, 1.807) is 57.4 Å². The Hall–Kier alpha value is -3.73. The highest BCUT2D eigenvalue weighted by molar-refractivity contribution is 7.90. The van der Waals surface area contributed by atoms with Gasteiger partial charge in [0.1, 0.15) is 15.7 Å². The number of halogens is 1. The molecule has 4 aromatic rings. The lowest BCUT2D eigenvalue weighted by Gasteiger charge is -2.19. The Kier molecular flexibility index (Phi) is 6.85. The molecular weight excluding hydrogens is 487 g/mol. The van der Waals surface area contributed by atoms with Crippen LogP contribution in [0.1, 0.15) is 24.2 Å². The smallest absolute Gasteiger partial charge is 0.330 e. The lowest BCUT2D eigenvalue weighted by molar-refractivity contribution is 0.296. The van der Waals surface area contributed by atoms with E-state index in [0.29, 0.717) is 40.3 Å². The summed E-state index contributed by atoms with van der Waals surface area (Å²) < 4.78 is 52.6. The van der Waals surface area contributed by atoms with E-state index < -0.39 is 21.6 Å². The van der Waals surface area contributed by atoms with Crippen molar-refractivity contribution in [2.75, 3.05) is 25.7 Å². The van der Waals surface area contributed by atoms with Crippen molar-refractivity contribution in [2.45, 2.75) is 19.9 Å². The molecule has 9 nitrogen and oxygen atoms in total. The maximum atomic E-state index is 14.2. The van der Waals surface area contributed by atoms with Crippen LogP contribution in [-0.2, 0) is 16.9 Å². The highest BCUT2D eigenvalue weighted by Crippen LogP contribution is 2.31. The van der Waals surface area contributed by atoms with Crippen molar-refractivity contribution >= 4 is 21.0 Å². The number of benzene rings is 1. The Balaban J connectivity index is 1.94. The fourth-order valence-corrected chi connectivity index (χ4v) is 5.08. The zero-order valence-electron chi connectivity index (χ0n) is 20.6. The molecule has 1 atom stereocenters. The molecule has 190 valence electrons. The molecule has 0 bridgehead atoms. The third-order valence-corrected chi connectivity index (χ3v) is 6.89. The first-order valence-corrected chi connectivity index (χ1v) is 13.3. The fourth-order valence-electron chi connectivity index (χ4n) is 4.18. The summed E-state index contributed by atoms with van der Waals surface area (Å²) in [5.41, 5.74) is 2.34. The minimum atomic E-state index is -3.55. The Bertz CT molecular complexity index is 1610. The van der Waals surface area contributed by atoms with Gasteiger partial charge in [-0.25, -0.2) is 27.6 Å². The molecule has 0 saturated heterocycles. The summed E-state index contributed by atoms with van der Waals surface area (Å²) in [5.74, 6) is -0.148. The zero-order valence-corrected chi connectivity index (χ0v) is 21.5. The lowest BCUT2D eigenvalue weighted by atomic mass is 10.0. The summed E-state index contributed by atoms with van der Waals surface area (Å²) in [6.07, 6.45) is 2.64. The molecule has 0 N–H and O–H groups in total. The number of sulfone groups is 1. The molecule has 1 aromatic carbocycles. The van der Waals surface area contributed by atoms with Crippen LogP contribution in [0.15, 0.2) is 47.4 Å². The Labute approximate surface area is 208 Å². The van der Waals surface area contributed by atoms with Crippen molar-refractivity contribution in [3.63, 3.8) is 0 Å². The van der Waals surface area contributed by atoms with Crippen LogP contribution in [0.5, 0.6) is 11.6 Å². The van der Waals surface area contributed by atoms with Gasteiger partial charge in [0, 0.05) is 25.1 Å². The van der Waals surface area contributed by atoms with Crippen molar-refractivity contribution in [3.8, 4) is 22.8 Å². The molecule has 0 radical (unpaired) electrons. The summed E-state index contributed by atoms with van der Waals surface area (Å²) in [7, 11) is -0.493. The van der Waals surface area contributed by atoms with Crippen molar-refractivity contribution in [1.29, 1.82) is 0 Å². The van der Waals surface area contributed by atoms with Crippen LogP contribution in [0.2, 0.25) is 0 Å². The number of methoxy groups -OCH3 is 1. The van der Waals surface area contributed by atoms with Gasteiger partial charge in [0.05, 0.1) is 36.7 Å². The summed E-state index contributed by atoms with van der Waals surface area (Å²) >= 11 is 0. The molecule has 4 rings (SSSR count). The number of ether oxygens (including phenoxy) is 2. The average Bonchev–Trinajstić information content (AvgIpc) is 3.08. The maximum Gasteiger partial charge on any atom is 0.330 e. The second kappa shape index (κ2) is 9.73. The third-order valence-electron chi connectivity index (χ3n) is 5.97. The molecule has 0 fully saturated rings. The second-order valence-electron chi connectivity index (χ2n) is 8.48. The molecule has 11 heteroatoms. The van der Waals surface area contributed by atoms with Gasteiger partial charge in [-0.2, -0.15) is 0 Å². The van der Waals surface area contributed by atoms with Crippen LogP contribution in [0.3, 0.4) is 0 Å².